The Morgan fingerprint density at radius 1 is 1.17 bits per heavy atom. The Hall–Kier alpha value is -3.42. The fraction of sp³-hybridized carbons (Fsp3) is 0.364. The van der Waals surface area contributed by atoms with Gasteiger partial charge in [-0.05, 0) is 62.9 Å². The molecule has 1 aliphatic rings. The van der Waals surface area contributed by atoms with Gasteiger partial charge in [0.25, 0.3) is 11.8 Å². The average Bonchev–Trinajstić information content (AvgIpc) is 3.44. The normalized spacial score (nSPS) is 13.3. The number of fused-ring (bicyclic) bond motifs is 1. The molecule has 0 saturated heterocycles. The lowest BCUT2D eigenvalue weighted by molar-refractivity contribution is -0.118. The van der Waals surface area contributed by atoms with Gasteiger partial charge >= 0.3 is 0 Å². The second-order valence-corrected chi connectivity index (χ2v) is 7.82. The van der Waals surface area contributed by atoms with Crippen molar-refractivity contribution < 1.29 is 14.3 Å². The molecular weight excluding hydrogens is 382 g/mol. The molecule has 0 bridgehead atoms. The predicted molar refractivity (Wildman–Crippen MR) is 114 cm³/mol. The van der Waals surface area contributed by atoms with Crippen molar-refractivity contribution in [3.63, 3.8) is 0 Å². The number of ether oxygens (including phenoxy) is 1. The summed E-state index contributed by atoms with van der Waals surface area (Å²) in [5.74, 6) is -0.0706. The highest BCUT2D eigenvalue weighted by atomic mass is 16.5. The Bertz CT molecular complexity index is 1150. The molecule has 1 aromatic carbocycles. The highest BCUT2D eigenvalue weighted by Gasteiger charge is 2.24. The number of hydrogen-bond acceptors (Lipinski definition) is 5. The van der Waals surface area contributed by atoms with Crippen molar-refractivity contribution in [2.24, 2.45) is 7.05 Å². The van der Waals surface area contributed by atoms with E-state index in [1.165, 1.54) is 0 Å². The molecule has 1 fully saturated rings. The van der Waals surface area contributed by atoms with Crippen LogP contribution < -0.4 is 15.4 Å². The van der Waals surface area contributed by atoms with Gasteiger partial charge in [0, 0.05) is 30.0 Å². The van der Waals surface area contributed by atoms with Crippen molar-refractivity contribution in [3.05, 3.63) is 46.6 Å². The van der Waals surface area contributed by atoms with E-state index in [0.29, 0.717) is 22.8 Å². The zero-order valence-electron chi connectivity index (χ0n) is 17.6. The third-order valence-corrected chi connectivity index (χ3v) is 5.11. The second kappa shape index (κ2) is 7.78. The summed E-state index contributed by atoms with van der Waals surface area (Å²) in [5, 5.41) is 10.9. The number of carbonyl (C=O) groups is 2. The van der Waals surface area contributed by atoms with E-state index in [0.717, 1.165) is 35.0 Å². The number of hydrogen-bond donors (Lipinski definition) is 2. The van der Waals surface area contributed by atoms with Gasteiger partial charge in [0.05, 0.1) is 5.39 Å². The quantitative estimate of drug-likeness (QED) is 0.655. The summed E-state index contributed by atoms with van der Waals surface area (Å²) in [4.78, 5) is 29.3. The van der Waals surface area contributed by atoms with E-state index in [2.05, 4.69) is 20.7 Å². The standard InChI is InChI=1S/C22H25N5O3/c1-12-5-6-15(21(29)24-16-7-8-16)10-17(12)25-18(28)11-30-22-19-13(2)9-14(3)23-20(19)27(4)26-22/h5-6,9-10,16H,7-8,11H2,1-4H3,(H,24,29)(H,25,28). The highest BCUT2D eigenvalue weighted by molar-refractivity contribution is 5.98. The molecule has 8 nitrogen and oxygen atoms in total. The molecule has 0 aliphatic heterocycles. The van der Waals surface area contributed by atoms with Gasteiger partial charge in [-0.25, -0.2) is 9.67 Å². The molecule has 1 aliphatic carbocycles. The van der Waals surface area contributed by atoms with Crippen LogP contribution in [0.4, 0.5) is 5.69 Å². The summed E-state index contributed by atoms with van der Waals surface area (Å²) in [5.41, 5.74) is 4.58. The summed E-state index contributed by atoms with van der Waals surface area (Å²) < 4.78 is 7.36. The Kier molecular flexibility index (Phi) is 5.15. The first kappa shape index (κ1) is 19.9. The Balaban J connectivity index is 1.45. The van der Waals surface area contributed by atoms with E-state index in [-0.39, 0.29) is 24.5 Å². The van der Waals surface area contributed by atoms with Crippen LogP contribution in [0, 0.1) is 20.8 Å². The van der Waals surface area contributed by atoms with Gasteiger partial charge in [-0.3, -0.25) is 9.59 Å². The van der Waals surface area contributed by atoms with Crippen molar-refractivity contribution >= 4 is 28.5 Å². The summed E-state index contributed by atoms with van der Waals surface area (Å²) >= 11 is 0. The van der Waals surface area contributed by atoms with Crippen LogP contribution in [-0.2, 0) is 11.8 Å². The fourth-order valence-electron chi connectivity index (χ4n) is 3.36. The number of benzene rings is 1. The van der Waals surface area contributed by atoms with Gasteiger partial charge in [0.15, 0.2) is 12.3 Å². The lowest BCUT2D eigenvalue weighted by Crippen LogP contribution is -2.26. The molecule has 2 N–H and O–H groups in total. The summed E-state index contributed by atoms with van der Waals surface area (Å²) in [6.07, 6.45) is 2.05. The first-order chi connectivity index (χ1) is 14.3. The number of nitrogens with one attached hydrogen (secondary N) is 2. The maximum absolute atomic E-state index is 12.5. The molecule has 2 heterocycles. The molecule has 2 aromatic heterocycles. The first-order valence-electron chi connectivity index (χ1n) is 9.97. The number of pyridine rings is 1. The lowest BCUT2D eigenvalue weighted by atomic mass is 10.1. The predicted octanol–water partition coefficient (Wildman–Crippen LogP) is 2.80. The van der Waals surface area contributed by atoms with E-state index < -0.39 is 0 Å². The number of aryl methyl sites for hydroxylation is 4. The number of amides is 2. The lowest BCUT2D eigenvalue weighted by Gasteiger charge is -2.11. The average molecular weight is 407 g/mol. The summed E-state index contributed by atoms with van der Waals surface area (Å²) in [6.45, 7) is 5.57. The number of carbonyl (C=O) groups excluding carboxylic acids is 2. The van der Waals surface area contributed by atoms with E-state index in [9.17, 15) is 9.59 Å². The van der Waals surface area contributed by atoms with Crippen LogP contribution in [-0.4, -0.2) is 39.2 Å². The maximum atomic E-state index is 12.5. The minimum Gasteiger partial charge on any atom is -0.466 e. The number of rotatable bonds is 6. The van der Waals surface area contributed by atoms with Crippen LogP contribution in [0.2, 0.25) is 0 Å². The fourth-order valence-corrected chi connectivity index (χ4v) is 3.36. The smallest absolute Gasteiger partial charge is 0.262 e. The zero-order valence-corrected chi connectivity index (χ0v) is 17.6. The number of aromatic nitrogens is 3. The number of nitrogens with zero attached hydrogens (tertiary/aromatic N) is 3. The van der Waals surface area contributed by atoms with Gasteiger partial charge in [-0.1, -0.05) is 6.07 Å². The van der Waals surface area contributed by atoms with Crippen LogP contribution in [0.3, 0.4) is 0 Å². The molecular formula is C22H25N5O3. The van der Waals surface area contributed by atoms with Crippen LogP contribution in [0.25, 0.3) is 11.0 Å². The molecule has 156 valence electrons. The topological polar surface area (TPSA) is 98.1 Å². The number of anilines is 1. The minimum atomic E-state index is -0.325. The molecule has 0 spiro atoms. The van der Waals surface area contributed by atoms with Gasteiger partial charge in [0.1, 0.15) is 0 Å². The molecule has 0 radical (unpaired) electrons. The molecule has 3 aromatic rings. The van der Waals surface area contributed by atoms with E-state index in [1.807, 2.05) is 32.9 Å². The maximum Gasteiger partial charge on any atom is 0.262 e. The largest absolute Gasteiger partial charge is 0.466 e. The Morgan fingerprint density at radius 2 is 1.93 bits per heavy atom. The zero-order chi connectivity index (χ0) is 21.4. The van der Waals surface area contributed by atoms with Crippen LogP contribution >= 0.6 is 0 Å². The van der Waals surface area contributed by atoms with Crippen molar-refractivity contribution in [2.75, 3.05) is 11.9 Å². The van der Waals surface area contributed by atoms with Crippen LogP contribution in [0.15, 0.2) is 24.3 Å². The Labute approximate surface area is 174 Å². The van der Waals surface area contributed by atoms with Gasteiger partial charge in [-0.15, -0.1) is 5.10 Å². The van der Waals surface area contributed by atoms with Gasteiger partial charge in [-0.2, -0.15) is 0 Å². The van der Waals surface area contributed by atoms with Crippen LogP contribution in [0.1, 0.15) is 40.0 Å². The third kappa shape index (κ3) is 4.12. The highest BCUT2D eigenvalue weighted by Crippen LogP contribution is 2.27. The van der Waals surface area contributed by atoms with Gasteiger partial charge in [0.2, 0.25) is 5.88 Å². The van der Waals surface area contributed by atoms with E-state index in [1.54, 1.807) is 23.9 Å². The summed E-state index contributed by atoms with van der Waals surface area (Å²) in [6, 6.07) is 7.51. The SMILES string of the molecule is Cc1cc(C)c2c(OCC(=O)Nc3cc(C(=O)NC4CC4)ccc3C)nn(C)c2n1. The second-order valence-electron chi connectivity index (χ2n) is 7.82. The molecule has 1 saturated carbocycles. The molecule has 2 amide bonds. The van der Waals surface area contributed by atoms with Crippen molar-refractivity contribution in [1.29, 1.82) is 0 Å². The molecule has 0 atom stereocenters. The Morgan fingerprint density at radius 3 is 2.67 bits per heavy atom. The first-order valence-corrected chi connectivity index (χ1v) is 9.97. The van der Waals surface area contributed by atoms with E-state index in [4.69, 9.17) is 4.74 Å². The molecule has 30 heavy (non-hydrogen) atoms. The van der Waals surface area contributed by atoms with Crippen molar-refractivity contribution in [3.8, 4) is 5.88 Å². The van der Waals surface area contributed by atoms with Crippen LogP contribution in [0.5, 0.6) is 5.88 Å². The van der Waals surface area contributed by atoms with E-state index >= 15 is 0 Å². The minimum absolute atomic E-state index is 0.123. The monoisotopic (exact) mass is 407 g/mol. The van der Waals surface area contributed by atoms with Crippen molar-refractivity contribution in [1.82, 2.24) is 20.1 Å². The van der Waals surface area contributed by atoms with Crippen molar-refractivity contribution in [2.45, 2.75) is 39.7 Å². The van der Waals surface area contributed by atoms with Gasteiger partial charge < -0.3 is 15.4 Å². The summed E-state index contributed by atoms with van der Waals surface area (Å²) in [7, 11) is 1.79. The molecule has 0 unspecified atom stereocenters. The molecule has 4 rings (SSSR count). The molecule has 8 heteroatoms. The third-order valence-electron chi connectivity index (χ3n) is 5.11.